The number of ether oxygens (including phenoxy) is 1. The highest BCUT2D eigenvalue weighted by atomic mass is 32.2. The first-order valence-corrected chi connectivity index (χ1v) is 20.4. The Hall–Kier alpha value is -4.93. The molecular weight excluding hydrogens is 732 g/mol. The van der Waals surface area contributed by atoms with Crippen LogP contribution in [0, 0.1) is 18.7 Å². The number of rotatable bonds is 8. The molecule has 2 saturated carbocycles. The number of benzene rings is 1. The number of aromatic nitrogens is 4. The number of fused-ring (bicyclic) bond motifs is 3. The lowest BCUT2D eigenvalue weighted by atomic mass is 10.0. The number of nitrogens with one attached hydrogen (secondary N) is 3. The molecule has 17 heteroatoms. The van der Waals surface area contributed by atoms with Crippen LogP contribution in [0.3, 0.4) is 0 Å². The molecule has 0 spiro atoms. The Bertz CT molecular complexity index is 2170. The number of nitrogens with zero attached hydrogens (tertiary/aromatic N) is 5. The number of amides is 4. The minimum absolute atomic E-state index is 0.0136. The topological polar surface area (TPSA) is 195 Å². The van der Waals surface area contributed by atoms with Gasteiger partial charge in [-0.25, -0.2) is 22.8 Å². The predicted octanol–water partition coefficient (Wildman–Crippen LogP) is 2.91. The van der Waals surface area contributed by atoms with Gasteiger partial charge in [0.05, 0.1) is 16.8 Å². The maximum Gasteiger partial charge on any atom is 0.272 e. The van der Waals surface area contributed by atoms with Gasteiger partial charge in [-0.1, -0.05) is 38.0 Å². The average molecular weight is 779 g/mol. The summed E-state index contributed by atoms with van der Waals surface area (Å²) in [5.41, 5.74) is 0.168. The summed E-state index contributed by atoms with van der Waals surface area (Å²) in [5.74, 6) is -3.55. The van der Waals surface area contributed by atoms with Crippen LogP contribution in [0.5, 0.6) is 5.88 Å². The van der Waals surface area contributed by atoms with Crippen LogP contribution in [0.25, 0.3) is 11.0 Å². The van der Waals surface area contributed by atoms with Crippen LogP contribution in [-0.4, -0.2) is 91.7 Å². The van der Waals surface area contributed by atoms with Crippen molar-refractivity contribution in [1.82, 2.24) is 40.0 Å². The van der Waals surface area contributed by atoms with Crippen LogP contribution in [-0.2, 0) is 37.9 Å². The standard InChI is InChI=1S/C38H47FN8O7S/c1-5-26-34(42-31-25(39)13-11-15-27(31)40-26)54-24-19-30-33(49)43-38(36(51)45-55(52,53)37(3)16-17-37)20-23(38)12-9-7-6-8-10-14-28(35(50)47(30)21-24)41-32(48)29-18-22(2)46(4)44-29/h9,11-13,15,18,23-24,28,30H,5-8,10,14,16-17,19-21H2,1-4H3,(H,41,48)(H,43,49)(H,45,51)/b12-9-/t23?,24-,28+,30+,38-/m1/s1. The Morgan fingerprint density at radius 2 is 1.93 bits per heavy atom. The van der Waals surface area contributed by atoms with E-state index in [-0.39, 0.29) is 42.9 Å². The molecule has 15 nitrogen and oxygen atoms in total. The van der Waals surface area contributed by atoms with E-state index in [1.54, 1.807) is 37.7 Å². The lowest BCUT2D eigenvalue weighted by Gasteiger charge is -2.30. The van der Waals surface area contributed by atoms with E-state index in [1.165, 1.54) is 17.0 Å². The number of para-hydroxylation sites is 1. The smallest absolute Gasteiger partial charge is 0.272 e. The molecule has 5 atom stereocenters. The summed E-state index contributed by atoms with van der Waals surface area (Å²) in [7, 11) is -2.30. The third-order valence-electron chi connectivity index (χ3n) is 11.4. The Labute approximate surface area is 318 Å². The van der Waals surface area contributed by atoms with E-state index in [0.717, 1.165) is 18.5 Å². The SMILES string of the molecule is CCc1nc2cccc(F)c2nc1O[C@@H]1C[C@H]2C(=O)N[C@]3(C(=O)NS(=O)(=O)C4(C)CC4)CC3/C=C\CCCCC[C@H](NC(=O)c3cc(C)n(C)n3)C(=O)N2C1. The number of allylic oxidation sites excluding steroid dienone is 1. The average Bonchev–Trinajstić information content (AvgIpc) is 3.98. The van der Waals surface area contributed by atoms with Crippen LogP contribution in [0.15, 0.2) is 36.4 Å². The first-order chi connectivity index (χ1) is 26.1. The molecule has 3 aromatic rings. The molecule has 0 bridgehead atoms. The lowest BCUT2D eigenvalue weighted by Crippen LogP contribution is -2.58. The van der Waals surface area contributed by atoms with Crippen molar-refractivity contribution in [2.45, 2.75) is 113 Å². The highest BCUT2D eigenvalue weighted by Gasteiger charge is 2.63. The summed E-state index contributed by atoms with van der Waals surface area (Å²) >= 11 is 0. The zero-order valence-electron chi connectivity index (χ0n) is 31.4. The van der Waals surface area contributed by atoms with E-state index >= 15 is 0 Å². The first kappa shape index (κ1) is 38.3. The summed E-state index contributed by atoms with van der Waals surface area (Å²) in [6.45, 7) is 5.13. The molecule has 3 N–H and O–H groups in total. The quantitative estimate of drug-likeness (QED) is 0.286. The van der Waals surface area contributed by atoms with Gasteiger partial charge in [0.15, 0.2) is 5.82 Å². The molecule has 0 radical (unpaired) electrons. The molecule has 294 valence electrons. The van der Waals surface area contributed by atoms with E-state index < -0.39 is 73.9 Å². The molecule has 1 aromatic carbocycles. The van der Waals surface area contributed by atoms with Gasteiger partial charge in [-0.3, -0.25) is 28.6 Å². The van der Waals surface area contributed by atoms with Gasteiger partial charge in [-0.2, -0.15) is 5.10 Å². The van der Waals surface area contributed by atoms with Crippen LogP contribution in [0.1, 0.15) is 93.5 Å². The molecule has 2 aliphatic carbocycles. The predicted molar refractivity (Wildman–Crippen MR) is 199 cm³/mol. The Morgan fingerprint density at radius 3 is 2.64 bits per heavy atom. The second kappa shape index (κ2) is 14.6. The zero-order chi connectivity index (χ0) is 39.3. The summed E-state index contributed by atoms with van der Waals surface area (Å²) in [6, 6.07) is 3.87. The molecule has 4 amide bonds. The third kappa shape index (κ3) is 7.54. The van der Waals surface area contributed by atoms with Crippen molar-refractivity contribution in [1.29, 1.82) is 0 Å². The highest BCUT2D eigenvalue weighted by molar-refractivity contribution is 7.91. The maximum absolute atomic E-state index is 14.8. The second-order valence-electron chi connectivity index (χ2n) is 15.5. The molecule has 55 heavy (non-hydrogen) atoms. The van der Waals surface area contributed by atoms with Gasteiger partial charge < -0.3 is 20.3 Å². The number of hydrogen-bond acceptors (Lipinski definition) is 10. The molecule has 1 saturated heterocycles. The van der Waals surface area contributed by atoms with Crippen molar-refractivity contribution in [2.24, 2.45) is 13.0 Å². The van der Waals surface area contributed by atoms with Gasteiger partial charge in [0.25, 0.3) is 11.8 Å². The maximum atomic E-state index is 14.8. The van der Waals surface area contributed by atoms with Gasteiger partial charge in [0.2, 0.25) is 27.7 Å². The largest absolute Gasteiger partial charge is 0.471 e. The van der Waals surface area contributed by atoms with Crippen molar-refractivity contribution in [3.63, 3.8) is 0 Å². The first-order valence-electron chi connectivity index (χ1n) is 18.9. The molecule has 4 heterocycles. The van der Waals surface area contributed by atoms with E-state index in [4.69, 9.17) is 4.74 Å². The minimum Gasteiger partial charge on any atom is -0.471 e. The zero-order valence-corrected chi connectivity index (χ0v) is 32.2. The summed E-state index contributed by atoms with van der Waals surface area (Å²) in [4.78, 5) is 66.7. The lowest BCUT2D eigenvalue weighted by molar-refractivity contribution is -0.141. The van der Waals surface area contributed by atoms with Crippen molar-refractivity contribution >= 4 is 44.7 Å². The molecule has 4 aliphatic rings. The van der Waals surface area contributed by atoms with Crippen molar-refractivity contribution < 1.29 is 36.7 Å². The van der Waals surface area contributed by atoms with E-state index in [2.05, 4.69) is 30.4 Å². The summed E-state index contributed by atoms with van der Waals surface area (Å²) in [6.07, 6.45) is 7.42. The van der Waals surface area contributed by atoms with Crippen molar-refractivity contribution in [3.8, 4) is 5.88 Å². The number of halogens is 1. The van der Waals surface area contributed by atoms with Gasteiger partial charge in [-0.05, 0) is 77.0 Å². The molecule has 2 aliphatic heterocycles. The van der Waals surface area contributed by atoms with E-state index in [1.807, 2.05) is 19.1 Å². The van der Waals surface area contributed by atoms with Crippen molar-refractivity contribution in [3.05, 3.63) is 59.3 Å². The van der Waals surface area contributed by atoms with Gasteiger partial charge in [0.1, 0.15) is 40.6 Å². The molecule has 2 aromatic heterocycles. The summed E-state index contributed by atoms with van der Waals surface area (Å²) in [5, 5.41) is 9.98. The number of carbonyl (C=O) groups excluding carboxylic acids is 4. The van der Waals surface area contributed by atoms with Crippen LogP contribution in [0.4, 0.5) is 4.39 Å². The third-order valence-corrected chi connectivity index (χ3v) is 13.6. The van der Waals surface area contributed by atoms with Gasteiger partial charge in [0, 0.05) is 25.1 Å². The fourth-order valence-corrected chi connectivity index (χ4v) is 8.71. The van der Waals surface area contributed by atoms with E-state index in [0.29, 0.717) is 43.3 Å². The summed E-state index contributed by atoms with van der Waals surface area (Å²) < 4.78 is 50.2. The van der Waals surface area contributed by atoms with Crippen molar-refractivity contribution in [2.75, 3.05) is 6.54 Å². The normalized spacial score (nSPS) is 27.2. The van der Waals surface area contributed by atoms with Crippen LogP contribution < -0.4 is 20.1 Å². The number of carbonyl (C=O) groups is 4. The minimum atomic E-state index is -4.01. The number of aryl methyl sites for hydroxylation is 3. The second-order valence-corrected chi connectivity index (χ2v) is 17.7. The van der Waals surface area contributed by atoms with Crippen LogP contribution >= 0.6 is 0 Å². The fraction of sp³-hybridized carbons (Fsp3) is 0.553. The van der Waals surface area contributed by atoms with Gasteiger partial charge in [-0.15, -0.1) is 0 Å². The molecular formula is C38H47FN8O7S. The van der Waals surface area contributed by atoms with Gasteiger partial charge >= 0.3 is 0 Å². The Balaban J connectivity index is 1.21. The number of sulfonamides is 1. The fourth-order valence-electron chi connectivity index (χ4n) is 7.40. The van der Waals surface area contributed by atoms with E-state index in [9.17, 15) is 32.0 Å². The van der Waals surface area contributed by atoms with Crippen LogP contribution in [0.2, 0.25) is 0 Å². The molecule has 1 unspecified atom stereocenters. The monoisotopic (exact) mass is 778 g/mol. The Morgan fingerprint density at radius 1 is 1.15 bits per heavy atom. The Kier molecular flexibility index (Phi) is 10.2. The molecule has 3 fully saturated rings. The molecule has 7 rings (SSSR count). The highest BCUT2D eigenvalue weighted by Crippen LogP contribution is 2.47. The number of hydrogen-bond donors (Lipinski definition) is 3.